The molecule has 1 aliphatic rings. The van der Waals surface area contributed by atoms with Crippen LogP contribution in [0.4, 0.5) is 5.69 Å². The smallest absolute Gasteiger partial charge is 0.140 e. The molecule has 2 rings (SSSR count). The molecule has 0 bridgehead atoms. The first-order valence-electron chi connectivity index (χ1n) is 6.91. The monoisotopic (exact) mass is 246 g/mol. The van der Waals surface area contributed by atoms with Crippen LogP contribution in [-0.2, 0) is 11.2 Å². The van der Waals surface area contributed by atoms with E-state index in [4.69, 9.17) is 5.73 Å². The number of nitrogen functional groups attached to an aromatic ring is 1. The van der Waals surface area contributed by atoms with Crippen molar-refractivity contribution in [2.45, 2.75) is 45.4 Å². The van der Waals surface area contributed by atoms with E-state index in [1.54, 1.807) is 18.5 Å². The summed E-state index contributed by atoms with van der Waals surface area (Å²) in [6.07, 6.45) is 9.58. The van der Waals surface area contributed by atoms with Gasteiger partial charge in [0, 0.05) is 36.0 Å². The Hall–Kier alpha value is -1.38. The van der Waals surface area contributed by atoms with Crippen LogP contribution in [0.3, 0.4) is 0 Å². The molecular formula is C15H22N2O. The van der Waals surface area contributed by atoms with E-state index in [1.807, 2.05) is 0 Å². The van der Waals surface area contributed by atoms with E-state index in [-0.39, 0.29) is 5.92 Å². The predicted molar refractivity (Wildman–Crippen MR) is 73.1 cm³/mol. The fourth-order valence-electron chi connectivity index (χ4n) is 2.81. The van der Waals surface area contributed by atoms with Crippen molar-refractivity contribution in [2.75, 3.05) is 5.73 Å². The van der Waals surface area contributed by atoms with E-state index < -0.39 is 0 Å². The lowest BCUT2D eigenvalue weighted by molar-refractivity contribution is -0.123. The van der Waals surface area contributed by atoms with Crippen molar-refractivity contribution in [3.8, 4) is 0 Å². The van der Waals surface area contributed by atoms with E-state index in [0.29, 0.717) is 17.9 Å². The maximum atomic E-state index is 12.2. The molecule has 0 atom stereocenters. The van der Waals surface area contributed by atoms with Crippen LogP contribution >= 0.6 is 0 Å². The van der Waals surface area contributed by atoms with Crippen molar-refractivity contribution in [1.82, 2.24) is 4.98 Å². The minimum Gasteiger partial charge on any atom is -0.398 e. The average molecular weight is 246 g/mol. The van der Waals surface area contributed by atoms with Crippen LogP contribution in [0.25, 0.3) is 0 Å². The van der Waals surface area contributed by atoms with Gasteiger partial charge in [0.2, 0.25) is 0 Å². The van der Waals surface area contributed by atoms with Crippen molar-refractivity contribution in [2.24, 2.45) is 11.8 Å². The van der Waals surface area contributed by atoms with Crippen LogP contribution in [-0.4, -0.2) is 10.8 Å². The number of hydrogen-bond acceptors (Lipinski definition) is 3. The lowest BCUT2D eigenvalue weighted by atomic mass is 9.78. The Morgan fingerprint density at radius 2 is 2.11 bits per heavy atom. The number of nitrogens with zero attached hydrogens (tertiary/aromatic N) is 1. The number of carbonyl (C=O) groups is 1. The summed E-state index contributed by atoms with van der Waals surface area (Å²) in [4.78, 5) is 16.3. The van der Waals surface area contributed by atoms with Gasteiger partial charge in [-0.2, -0.15) is 0 Å². The summed E-state index contributed by atoms with van der Waals surface area (Å²) < 4.78 is 0. The van der Waals surface area contributed by atoms with E-state index in [9.17, 15) is 4.79 Å². The number of aromatic nitrogens is 1. The molecule has 18 heavy (non-hydrogen) atoms. The second kappa shape index (κ2) is 5.98. The zero-order chi connectivity index (χ0) is 13.0. The SMILES string of the molecule is CCC1CCC(C(=O)Cc2cnccc2N)CC1. The standard InChI is InChI=1S/C15H22N2O/c1-2-11-3-5-12(6-4-11)15(18)9-13-10-17-8-7-14(13)16/h7-8,10-12H,2-6,9H2,1H3,(H2,16,17). The van der Waals surface area contributed by atoms with Gasteiger partial charge in [-0.15, -0.1) is 0 Å². The molecule has 0 amide bonds. The third-order valence-electron chi connectivity index (χ3n) is 4.19. The maximum absolute atomic E-state index is 12.2. The third kappa shape index (κ3) is 3.09. The van der Waals surface area contributed by atoms with Gasteiger partial charge in [-0.3, -0.25) is 9.78 Å². The number of Topliss-reactive ketones (excluding diaryl/α,β-unsaturated/α-hetero) is 1. The van der Waals surface area contributed by atoms with Crippen molar-refractivity contribution in [3.63, 3.8) is 0 Å². The van der Waals surface area contributed by atoms with Crippen molar-refractivity contribution in [1.29, 1.82) is 0 Å². The van der Waals surface area contributed by atoms with E-state index in [0.717, 1.165) is 24.3 Å². The number of nitrogens with two attached hydrogens (primary N) is 1. The largest absolute Gasteiger partial charge is 0.398 e. The van der Waals surface area contributed by atoms with Crippen molar-refractivity contribution >= 4 is 11.5 Å². The van der Waals surface area contributed by atoms with E-state index >= 15 is 0 Å². The maximum Gasteiger partial charge on any atom is 0.140 e. The van der Waals surface area contributed by atoms with Gasteiger partial charge >= 0.3 is 0 Å². The Labute approximate surface area is 109 Å². The zero-order valence-electron chi connectivity index (χ0n) is 11.1. The first-order chi connectivity index (χ1) is 8.70. The third-order valence-corrected chi connectivity index (χ3v) is 4.19. The quantitative estimate of drug-likeness (QED) is 0.888. The van der Waals surface area contributed by atoms with Crippen LogP contribution in [0.15, 0.2) is 18.5 Å². The molecule has 98 valence electrons. The highest BCUT2D eigenvalue weighted by atomic mass is 16.1. The number of pyridine rings is 1. The highest BCUT2D eigenvalue weighted by Crippen LogP contribution is 2.31. The van der Waals surface area contributed by atoms with Crippen LogP contribution in [0.1, 0.15) is 44.6 Å². The zero-order valence-corrected chi connectivity index (χ0v) is 11.1. The molecule has 1 heterocycles. The topological polar surface area (TPSA) is 56.0 Å². The fourth-order valence-corrected chi connectivity index (χ4v) is 2.81. The van der Waals surface area contributed by atoms with Gasteiger partial charge in [0.25, 0.3) is 0 Å². The summed E-state index contributed by atoms with van der Waals surface area (Å²) in [5, 5.41) is 0. The lowest BCUT2D eigenvalue weighted by Gasteiger charge is -2.26. The molecule has 0 aromatic carbocycles. The molecule has 2 N–H and O–H groups in total. The Kier molecular flexibility index (Phi) is 4.34. The number of anilines is 1. The van der Waals surface area contributed by atoms with Gasteiger partial charge in [-0.05, 0) is 37.7 Å². The Morgan fingerprint density at radius 1 is 1.39 bits per heavy atom. The molecule has 0 saturated heterocycles. The molecule has 0 spiro atoms. The molecule has 0 unspecified atom stereocenters. The van der Waals surface area contributed by atoms with Crippen LogP contribution in [0.5, 0.6) is 0 Å². The molecule has 0 radical (unpaired) electrons. The Morgan fingerprint density at radius 3 is 2.72 bits per heavy atom. The predicted octanol–water partition coefficient (Wildman–Crippen LogP) is 2.99. The van der Waals surface area contributed by atoms with Gasteiger partial charge in [0.1, 0.15) is 5.78 Å². The summed E-state index contributed by atoms with van der Waals surface area (Å²) in [6, 6.07) is 1.76. The molecule has 1 aliphatic carbocycles. The van der Waals surface area contributed by atoms with E-state index in [2.05, 4.69) is 11.9 Å². The van der Waals surface area contributed by atoms with Gasteiger partial charge in [-0.25, -0.2) is 0 Å². The summed E-state index contributed by atoms with van der Waals surface area (Å²) >= 11 is 0. The summed E-state index contributed by atoms with van der Waals surface area (Å²) in [6.45, 7) is 2.24. The molecule has 1 aromatic heterocycles. The Bertz CT molecular complexity index is 409. The molecule has 0 aliphatic heterocycles. The number of ketones is 1. The van der Waals surface area contributed by atoms with Crippen LogP contribution in [0.2, 0.25) is 0 Å². The average Bonchev–Trinajstić information content (AvgIpc) is 2.41. The second-order valence-electron chi connectivity index (χ2n) is 5.34. The number of carbonyl (C=O) groups excluding carboxylic acids is 1. The first-order valence-corrected chi connectivity index (χ1v) is 6.91. The molecular weight excluding hydrogens is 224 g/mol. The molecule has 1 aromatic rings. The summed E-state index contributed by atoms with van der Waals surface area (Å²) in [5.74, 6) is 1.41. The van der Waals surface area contributed by atoms with Gasteiger partial charge in [0.05, 0.1) is 0 Å². The van der Waals surface area contributed by atoms with Crippen molar-refractivity contribution < 1.29 is 4.79 Å². The van der Waals surface area contributed by atoms with Crippen LogP contribution in [0, 0.1) is 11.8 Å². The minimum absolute atomic E-state index is 0.243. The Balaban J connectivity index is 1.91. The molecule has 3 heteroatoms. The van der Waals surface area contributed by atoms with Gasteiger partial charge in [-0.1, -0.05) is 13.3 Å². The normalized spacial score (nSPS) is 23.8. The number of hydrogen-bond donors (Lipinski definition) is 1. The highest BCUT2D eigenvalue weighted by molar-refractivity contribution is 5.84. The van der Waals surface area contributed by atoms with E-state index in [1.165, 1.54) is 19.3 Å². The van der Waals surface area contributed by atoms with Crippen molar-refractivity contribution in [3.05, 3.63) is 24.0 Å². The second-order valence-corrected chi connectivity index (χ2v) is 5.34. The first kappa shape index (κ1) is 13.1. The van der Waals surface area contributed by atoms with Gasteiger partial charge in [0.15, 0.2) is 0 Å². The lowest BCUT2D eigenvalue weighted by Crippen LogP contribution is -2.23. The highest BCUT2D eigenvalue weighted by Gasteiger charge is 2.25. The number of rotatable bonds is 4. The van der Waals surface area contributed by atoms with Gasteiger partial charge < -0.3 is 5.73 Å². The molecule has 1 saturated carbocycles. The molecule has 1 fully saturated rings. The fraction of sp³-hybridized carbons (Fsp3) is 0.600. The molecule has 3 nitrogen and oxygen atoms in total. The minimum atomic E-state index is 0.243. The summed E-state index contributed by atoms with van der Waals surface area (Å²) in [5.41, 5.74) is 7.41. The van der Waals surface area contributed by atoms with Crippen LogP contribution < -0.4 is 5.73 Å². The summed E-state index contributed by atoms with van der Waals surface area (Å²) in [7, 11) is 0.